The van der Waals surface area contributed by atoms with Crippen molar-refractivity contribution in [2.45, 2.75) is 52.1 Å². The van der Waals surface area contributed by atoms with E-state index in [0.29, 0.717) is 23.4 Å². The molecule has 0 saturated heterocycles. The summed E-state index contributed by atoms with van der Waals surface area (Å²) in [5.74, 6) is 0.909. The van der Waals surface area contributed by atoms with Gasteiger partial charge in [0.1, 0.15) is 5.15 Å². The first-order chi connectivity index (χ1) is 8.33. The number of halogens is 1. The van der Waals surface area contributed by atoms with E-state index in [4.69, 9.17) is 11.6 Å². The second-order valence-electron chi connectivity index (χ2n) is 6.05. The molecule has 1 aliphatic rings. The van der Waals surface area contributed by atoms with E-state index in [0.717, 1.165) is 24.1 Å². The molecule has 2 rings (SSSR count). The normalized spacial score (nSPS) is 32.8. The van der Waals surface area contributed by atoms with Gasteiger partial charge in [0.2, 0.25) is 0 Å². The molecule has 1 N–H and O–H groups in total. The Balaban J connectivity index is 2.26. The predicted molar refractivity (Wildman–Crippen MR) is 73.8 cm³/mol. The van der Waals surface area contributed by atoms with Gasteiger partial charge in [-0.25, -0.2) is 0 Å². The standard InChI is InChI=1S/C14H23ClN2O/c1-9-5-6-10(2)14(18,7-9)8-12-11(3)16-17(4)13(12)15/h9-10,18H,5-8H2,1-4H3. The third kappa shape index (κ3) is 2.43. The van der Waals surface area contributed by atoms with Gasteiger partial charge in [-0.15, -0.1) is 0 Å². The van der Waals surface area contributed by atoms with Gasteiger partial charge in [-0.1, -0.05) is 31.9 Å². The van der Waals surface area contributed by atoms with Gasteiger partial charge in [0.05, 0.1) is 11.3 Å². The summed E-state index contributed by atoms with van der Waals surface area (Å²) in [6, 6.07) is 0. The molecule has 0 radical (unpaired) electrons. The first-order valence-electron chi connectivity index (χ1n) is 6.74. The zero-order valence-electron chi connectivity index (χ0n) is 11.7. The second-order valence-corrected chi connectivity index (χ2v) is 6.40. The van der Waals surface area contributed by atoms with Crippen LogP contribution in [0.4, 0.5) is 0 Å². The summed E-state index contributed by atoms with van der Waals surface area (Å²) in [4.78, 5) is 0. The SMILES string of the molecule is Cc1nn(C)c(Cl)c1CC1(O)CC(C)CCC1C. The number of hydrogen-bond acceptors (Lipinski definition) is 2. The van der Waals surface area contributed by atoms with Crippen molar-refractivity contribution in [3.8, 4) is 0 Å². The lowest BCUT2D eigenvalue weighted by Gasteiger charge is -2.41. The van der Waals surface area contributed by atoms with Crippen LogP contribution in [0.5, 0.6) is 0 Å². The third-order valence-corrected chi connectivity index (χ3v) is 4.94. The lowest BCUT2D eigenvalue weighted by atomic mass is 9.69. The summed E-state index contributed by atoms with van der Waals surface area (Å²) in [7, 11) is 1.84. The lowest BCUT2D eigenvalue weighted by Crippen LogP contribution is -2.43. The van der Waals surface area contributed by atoms with Crippen LogP contribution in [0.2, 0.25) is 5.15 Å². The minimum atomic E-state index is -0.630. The van der Waals surface area contributed by atoms with E-state index in [1.165, 1.54) is 6.42 Å². The molecule has 1 aromatic rings. The average Bonchev–Trinajstić information content (AvgIpc) is 2.51. The number of nitrogens with zero attached hydrogens (tertiary/aromatic N) is 2. The van der Waals surface area contributed by atoms with E-state index < -0.39 is 5.60 Å². The van der Waals surface area contributed by atoms with Gasteiger partial charge in [0, 0.05) is 19.0 Å². The summed E-state index contributed by atoms with van der Waals surface area (Å²) < 4.78 is 1.69. The maximum atomic E-state index is 10.9. The number of aliphatic hydroxyl groups is 1. The maximum absolute atomic E-state index is 10.9. The molecule has 1 heterocycles. The molecular weight excluding hydrogens is 248 g/mol. The number of aromatic nitrogens is 2. The fraction of sp³-hybridized carbons (Fsp3) is 0.786. The molecule has 1 fully saturated rings. The van der Waals surface area contributed by atoms with Crippen LogP contribution in [0.3, 0.4) is 0 Å². The fourth-order valence-corrected chi connectivity index (χ4v) is 3.38. The molecule has 18 heavy (non-hydrogen) atoms. The molecule has 0 spiro atoms. The molecule has 1 aromatic heterocycles. The molecule has 0 aromatic carbocycles. The quantitative estimate of drug-likeness (QED) is 0.897. The Labute approximate surface area is 114 Å². The molecule has 3 unspecified atom stereocenters. The van der Waals surface area contributed by atoms with Crippen LogP contribution in [0.1, 0.15) is 44.4 Å². The predicted octanol–water partition coefficient (Wildman–Crippen LogP) is 3.11. The van der Waals surface area contributed by atoms with Crippen molar-refractivity contribution in [3.63, 3.8) is 0 Å². The maximum Gasteiger partial charge on any atom is 0.130 e. The van der Waals surface area contributed by atoms with Crippen LogP contribution >= 0.6 is 11.6 Å². The number of rotatable bonds is 2. The third-order valence-electron chi connectivity index (χ3n) is 4.46. The molecule has 3 atom stereocenters. The summed E-state index contributed by atoms with van der Waals surface area (Å²) in [6.07, 6.45) is 3.79. The topological polar surface area (TPSA) is 38.0 Å². The summed E-state index contributed by atoms with van der Waals surface area (Å²) in [5, 5.41) is 15.9. The highest BCUT2D eigenvalue weighted by molar-refractivity contribution is 6.30. The lowest BCUT2D eigenvalue weighted by molar-refractivity contribution is -0.0561. The molecule has 1 aliphatic carbocycles. The van der Waals surface area contributed by atoms with E-state index in [1.807, 2.05) is 14.0 Å². The molecule has 0 aliphatic heterocycles. The Morgan fingerprint density at radius 2 is 2.11 bits per heavy atom. The van der Waals surface area contributed by atoms with E-state index in [-0.39, 0.29) is 0 Å². The van der Waals surface area contributed by atoms with E-state index in [1.54, 1.807) is 4.68 Å². The summed E-state index contributed by atoms with van der Waals surface area (Å²) in [6.45, 7) is 6.32. The monoisotopic (exact) mass is 270 g/mol. The fourth-order valence-electron chi connectivity index (χ4n) is 3.14. The van der Waals surface area contributed by atoms with Crippen LogP contribution < -0.4 is 0 Å². The van der Waals surface area contributed by atoms with Crippen molar-refractivity contribution in [2.75, 3.05) is 0 Å². The first-order valence-corrected chi connectivity index (χ1v) is 7.11. The van der Waals surface area contributed by atoms with Crippen LogP contribution in [0, 0.1) is 18.8 Å². The molecule has 0 amide bonds. The summed E-state index contributed by atoms with van der Waals surface area (Å²) in [5.41, 5.74) is 1.30. The minimum Gasteiger partial charge on any atom is -0.389 e. The van der Waals surface area contributed by atoms with E-state index >= 15 is 0 Å². The first kappa shape index (κ1) is 13.9. The molecule has 102 valence electrons. The Kier molecular flexibility index (Phi) is 3.75. The highest BCUT2D eigenvalue weighted by Crippen LogP contribution is 2.40. The highest BCUT2D eigenvalue weighted by atomic mass is 35.5. The number of hydrogen-bond donors (Lipinski definition) is 1. The van der Waals surface area contributed by atoms with Gasteiger partial charge in [-0.3, -0.25) is 4.68 Å². The highest BCUT2D eigenvalue weighted by Gasteiger charge is 2.40. The zero-order valence-corrected chi connectivity index (χ0v) is 12.5. The van der Waals surface area contributed by atoms with Gasteiger partial charge >= 0.3 is 0 Å². The molecule has 4 heteroatoms. The molecular formula is C14H23ClN2O. The van der Waals surface area contributed by atoms with Gasteiger partial charge in [-0.2, -0.15) is 5.10 Å². The summed E-state index contributed by atoms with van der Waals surface area (Å²) >= 11 is 6.27. The van der Waals surface area contributed by atoms with Crippen molar-refractivity contribution in [1.29, 1.82) is 0 Å². The van der Waals surface area contributed by atoms with Crippen LogP contribution in [-0.4, -0.2) is 20.5 Å². The number of aryl methyl sites for hydroxylation is 2. The van der Waals surface area contributed by atoms with Crippen LogP contribution in [-0.2, 0) is 13.5 Å². The Bertz CT molecular complexity index is 443. The molecule has 3 nitrogen and oxygen atoms in total. The Morgan fingerprint density at radius 3 is 2.67 bits per heavy atom. The van der Waals surface area contributed by atoms with E-state index in [2.05, 4.69) is 18.9 Å². The minimum absolute atomic E-state index is 0.323. The largest absolute Gasteiger partial charge is 0.389 e. The van der Waals surface area contributed by atoms with Gasteiger partial charge < -0.3 is 5.11 Å². The molecule has 0 bridgehead atoms. The van der Waals surface area contributed by atoms with Gasteiger partial charge in [0.25, 0.3) is 0 Å². The van der Waals surface area contributed by atoms with Crippen LogP contribution in [0.25, 0.3) is 0 Å². The van der Waals surface area contributed by atoms with Gasteiger partial charge in [0.15, 0.2) is 0 Å². The van der Waals surface area contributed by atoms with Gasteiger partial charge in [-0.05, 0) is 31.6 Å². The van der Waals surface area contributed by atoms with Crippen LogP contribution in [0.15, 0.2) is 0 Å². The van der Waals surface area contributed by atoms with Crippen molar-refractivity contribution >= 4 is 11.6 Å². The van der Waals surface area contributed by atoms with Crippen molar-refractivity contribution < 1.29 is 5.11 Å². The Hall–Kier alpha value is -0.540. The molecule has 1 saturated carbocycles. The smallest absolute Gasteiger partial charge is 0.130 e. The van der Waals surface area contributed by atoms with Crippen molar-refractivity contribution in [3.05, 3.63) is 16.4 Å². The zero-order chi connectivity index (χ0) is 13.5. The van der Waals surface area contributed by atoms with E-state index in [9.17, 15) is 5.11 Å². The Morgan fingerprint density at radius 1 is 1.44 bits per heavy atom. The second kappa shape index (κ2) is 4.86. The average molecular weight is 271 g/mol. The van der Waals surface area contributed by atoms with Crippen molar-refractivity contribution in [2.24, 2.45) is 18.9 Å². The van der Waals surface area contributed by atoms with Crippen molar-refractivity contribution in [1.82, 2.24) is 9.78 Å².